The van der Waals surface area contributed by atoms with Crippen LogP contribution in [0, 0.1) is 5.82 Å². The molecule has 7 heteroatoms. The Bertz CT molecular complexity index is 1020. The first-order chi connectivity index (χ1) is 12.2. The van der Waals surface area contributed by atoms with Crippen LogP contribution in [0.4, 0.5) is 10.1 Å². The lowest BCUT2D eigenvalue weighted by Crippen LogP contribution is -2.20. The van der Waals surface area contributed by atoms with E-state index in [1.807, 2.05) is 51.1 Å². The monoisotopic (exact) mass is 373 g/mol. The van der Waals surface area contributed by atoms with E-state index < -0.39 is 21.3 Å². The lowest BCUT2D eigenvalue weighted by Gasteiger charge is -2.17. The average molecular weight is 373 g/mol. The lowest BCUT2D eigenvalue weighted by atomic mass is 9.92. The van der Waals surface area contributed by atoms with Crippen LogP contribution in [0.3, 0.4) is 0 Å². The van der Waals surface area contributed by atoms with Gasteiger partial charge in [-0.05, 0) is 30.3 Å². The Morgan fingerprint density at radius 1 is 1.04 bits per heavy atom. The Kier molecular flexibility index (Phi) is 4.58. The zero-order chi connectivity index (χ0) is 18.9. The molecular weight excluding hydrogens is 353 g/mol. The van der Waals surface area contributed by atoms with Gasteiger partial charge in [-0.1, -0.05) is 45.0 Å². The van der Waals surface area contributed by atoms with Crippen molar-refractivity contribution in [2.24, 2.45) is 0 Å². The first-order valence-electron chi connectivity index (χ1n) is 8.11. The number of hydrogen-bond donors (Lipinski definition) is 1. The fourth-order valence-corrected chi connectivity index (χ4v) is 3.94. The first-order valence-corrected chi connectivity index (χ1v) is 9.59. The fourth-order valence-electron chi connectivity index (χ4n) is 2.55. The highest BCUT2D eigenvalue weighted by atomic mass is 32.2. The highest BCUT2D eigenvalue weighted by Crippen LogP contribution is 2.30. The van der Waals surface area contributed by atoms with E-state index in [1.165, 1.54) is 24.4 Å². The van der Waals surface area contributed by atoms with Crippen molar-refractivity contribution < 1.29 is 12.8 Å². The minimum atomic E-state index is -3.93. The second kappa shape index (κ2) is 6.57. The van der Waals surface area contributed by atoms with Gasteiger partial charge in [0.25, 0.3) is 10.0 Å². The molecule has 0 aliphatic carbocycles. The van der Waals surface area contributed by atoms with Gasteiger partial charge in [0.15, 0.2) is 0 Å². The van der Waals surface area contributed by atoms with E-state index in [-0.39, 0.29) is 10.6 Å². The van der Waals surface area contributed by atoms with Gasteiger partial charge in [-0.3, -0.25) is 4.72 Å². The molecule has 2 aromatic carbocycles. The Morgan fingerprint density at radius 2 is 1.73 bits per heavy atom. The number of halogens is 1. The van der Waals surface area contributed by atoms with Crippen LogP contribution in [0.15, 0.2) is 65.7 Å². The number of aromatic nitrogens is 2. The summed E-state index contributed by atoms with van der Waals surface area (Å²) in [7, 11) is -3.93. The van der Waals surface area contributed by atoms with Crippen LogP contribution >= 0.6 is 0 Å². The van der Waals surface area contributed by atoms with Crippen LogP contribution in [-0.2, 0) is 15.4 Å². The number of anilines is 1. The summed E-state index contributed by atoms with van der Waals surface area (Å²) in [6, 6.07) is 14.6. The van der Waals surface area contributed by atoms with E-state index in [2.05, 4.69) is 9.82 Å². The summed E-state index contributed by atoms with van der Waals surface area (Å²) in [5.74, 6) is -0.513. The number of nitrogens with zero attached hydrogens (tertiary/aromatic N) is 2. The highest BCUT2D eigenvalue weighted by molar-refractivity contribution is 7.92. The Hall–Kier alpha value is -2.67. The third-order valence-electron chi connectivity index (χ3n) is 3.78. The van der Waals surface area contributed by atoms with Crippen LogP contribution in [-0.4, -0.2) is 18.2 Å². The van der Waals surface area contributed by atoms with Crippen LogP contribution < -0.4 is 4.72 Å². The molecule has 26 heavy (non-hydrogen) atoms. The second-order valence-electron chi connectivity index (χ2n) is 6.99. The van der Waals surface area contributed by atoms with Gasteiger partial charge >= 0.3 is 0 Å². The summed E-state index contributed by atoms with van der Waals surface area (Å²) >= 11 is 0. The van der Waals surface area contributed by atoms with Crippen molar-refractivity contribution in [3.63, 3.8) is 0 Å². The number of nitrogens with one attached hydrogen (secondary N) is 1. The van der Waals surface area contributed by atoms with Gasteiger partial charge in [-0.15, -0.1) is 0 Å². The lowest BCUT2D eigenvalue weighted by molar-refractivity contribution is 0.543. The second-order valence-corrected chi connectivity index (χ2v) is 8.64. The van der Waals surface area contributed by atoms with E-state index in [1.54, 1.807) is 4.68 Å². The molecule has 0 spiro atoms. The molecule has 1 aromatic heterocycles. The van der Waals surface area contributed by atoms with Crippen LogP contribution in [0.5, 0.6) is 0 Å². The maximum atomic E-state index is 13.4. The molecule has 0 aliphatic heterocycles. The largest absolute Gasteiger partial charge is 0.279 e. The molecule has 0 saturated carbocycles. The molecule has 0 fully saturated rings. The summed E-state index contributed by atoms with van der Waals surface area (Å²) in [6.07, 6.45) is 1.48. The van der Waals surface area contributed by atoms with Crippen molar-refractivity contribution in [1.29, 1.82) is 0 Å². The Morgan fingerprint density at radius 3 is 2.35 bits per heavy atom. The van der Waals surface area contributed by atoms with E-state index in [4.69, 9.17) is 0 Å². The summed E-state index contributed by atoms with van der Waals surface area (Å²) in [5, 5.41) is 4.50. The van der Waals surface area contributed by atoms with Crippen LogP contribution in [0.25, 0.3) is 5.69 Å². The van der Waals surface area contributed by atoms with Crippen molar-refractivity contribution in [3.05, 3.63) is 72.3 Å². The smallest absolute Gasteiger partial charge is 0.265 e. The Labute approximate surface area is 152 Å². The fraction of sp³-hybridized carbons (Fsp3) is 0.211. The quantitative estimate of drug-likeness (QED) is 0.748. The van der Waals surface area contributed by atoms with Crippen molar-refractivity contribution in [3.8, 4) is 5.69 Å². The number of rotatable bonds is 4. The maximum absolute atomic E-state index is 13.4. The van der Waals surface area contributed by atoms with Gasteiger partial charge < -0.3 is 0 Å². The number of sulfonamides is 1. The third kappa shape index (κ3) is 3.77. The summed E-state index contributed by atoms with van der Waals surface area (Å²) < 4.78 is 43.2. The predicted molar refractivity (Wildman–Crippen MR) is 99.5 cm³/mol. The molecule has 3 aromatic rings. The summed E-state index contributed by atoms with van der Waals surface area (Å²) in [6.45, 7) is 5.68. The molecule has 0 unspecified atom stereocenters. The molecule has 136 valence electrons. The van der Waals surface area contributed by atoms with Gasteiger partial charge in [0.05, 0.1) is 23.3 Å². The van der Waals surface area contributed by atoms with E-state index >= 15 is 0 Å². The zero-order valence-corrected chi connectivity index (χ0v) is 15.6. The maximum Gasteiger partial charge on any atom is 0.265 e. The van der Waals surface area contributed by atoms with Gasteiger partial charge in [0.1, 0.15) is 10.7 Å². The van der Waals surface area contributed by atoms with Crippen molar-refractivity contribution in [2.75, 3.05) is 4.72 Å². The standard InChI is InChI=1S/C19H20FN3O2S/c1-19(2,3)18-17(13-23(21-18)16-10-5-4-6-11-16)26(24,25)22-15-9-7-8-14(20)12-15/h4-13,22H,1-3H3. The van der Waals surface area contributed by atoms with Crippen LogP contribution in [0.2, 0.25) is 0 Å². The van der Waals surface area contributed by atoms with Gasteiger partial charge in [-0.25, -0.2) is 17.5 Å². The average Bonchev–Trinajstić information content (AvgIpc) is 3.02. The molecule has 1 N–H and O–H groups in total. The number of para-hydroxylation sites is 1. The molecule has 0 radical (unpaired) electrons. The normalized spacial score (nSPS) is 12.2. The van der Waals surface area contributed by atoms with E-state index in [0.717, 1.165) is 11.8 Å². The van der Waals surface area contributed by atoms with Gasteiger partial charge in [0, 0.05) is 5.41 Å². The number of hydrogen-bond acceptors (Lipinski definition) is 3. The molecular formula is C19H20FN3O2S. The van der Waals surface area contributed by atoms with Crippen LogP contribution in [0.1, 0.15) is 26.5 Å². The first kappa shape index (κ1) is 18.1. The van der Waals surface area contributed by atoms with Crippen molar-refractivity contribution in [2.45, 2.75) is 31.1 Å². The molecule has 0 bridgehead atoms. The highest BCUT2D eigenvalue weighted by Gasteiger charge is 2.30. The molecule has 0 aliphatic rings. The summed E-state index contributed by atoms with van der Waals surface area (Å²) in [5.41, 5.74) is 0.860. The summed E-state index contributed by atoms with van der Waals surface area (Å²) in [4.78, 5) is 0.0677. The van der Waals surface area contributed by atoms with Crippen molar-refractivity contribution >= 4 is 15.7 Å². The predicted octanol–water partition coefficient (Wildman–Crippen LogP) is 4.11. The van der Waals surface area contributed by atoms with Gasteiger partial charge in [0.2, 0.25) is 0 Å². The van der Waals surface area contributed by atoms with E-state index in [9.17, 15) is 12.8 Å². The molecule has 0 amide bonds. The molecule has 5 nitrogen and oxygen atoms in total. The molecule has 0 atom stereocenters. The zero-order valence-electron chi connectivity index (χ0n) is 14.8. The minimum Gasteiger partial charge on any atom is -0.279 e. The van der Waals surface area contributed by atoms with E-state index in [0.29, 0.717) is 5.69 Å². The molecule has 0 saturated heterocycles. The van der Waals surface area contributed by atoms with Gasteiger partial charge in [-0.2, -0.15) is 5.10 Å². The Balaban J connectivity index is 2.09. The molecule has 3 rings (SSSR count). The topological polar surface area (TPSA) is 64.0 Å². The number of benzene rings is 2. The third-order valence-corrected chi connectivity index (χ3v) is 5.16. The minimum absolute atomic E-state index is 0.0677. The molecule has 1 heterocycles. The SMILES string of the molecule is CC(C)(C)c1nn(-c2ccccc2)cc1S(=O)(=O)Nc1cccc(F)c1. The van der Waals surface area contributed by atoms with Crippen molar-refractivity contribution in [1.82, 2.24) is 9.78 Å².